The number of amides is 3. The normalized spacial score (nSPS) is 19.4. The highest BCUT2D eigenvalue weighted by atomic mass is 16.5. The van der Waals surface area contributed by atoms with E-state index in [-0.39, 0.29) is 30.6 Å². The molecule has 0 spiro atoms. The van der Waals surface area contributed by atoms with Gasteiger partial charge in [-0.1, -0.05) is 48.0 Å². The number of ether oxygens (including phenoxy) is 1. The molecule has 32 heavy (non-hydrogen) atoms. The first-order chi connectivity index (χ1) is 15.5. The molecule has 2 aliphatic rings. The molecule has 7 heteroatoms. The summed E-state index contributed by atoms with van der Waals surface area (Å²) in [5, 5.41) is 0. The second-order valence-electron chi connectivity index (χ2n) is 8.33. The Bertz CT molecular complexity index is 955. The Kier molecular flexibility index (Phi) is 6.97. The third-order valence-corrected chi connectivity index (χ3v) is 6.07. The Hall–Kier alpha value is -3.03. The summed E-state index contributed by atoms with van der Waals surface area (Å²) in [5.41, 5.74) is 2.49. The number of carbonyl (C=O) groups is 3. The third-order valence-electron chi connectivity index (χ3n) is 6.07. The lowest BCUT2D eigenvalue weighted by Crippen LogP contribution is -2.50. The largest absolute Gasteiger partial charge is 0.379 e. The van der Waals surface area contributed by atoms with Crippen molar-refractivity contribution in [1.82, 2.24) is 9.80 Å². The van der Waals surface area contributed by atoms with Crippen LogP contribution >= 0.6 is 0 Å². The minimum absolute atomic E-state index is 0.0103. The number of rotatable bonds is 7. The molecule has 2 saturated heterocycles. The lowest BCUT2D eigenvalue weighted by atomic mass is 10.1. The van der Waals surface area contributed by atoms with Crippen LogP contribution in [0, 0.1) is 6.92 Å². The summed E-state index contributed by atoms with van der Waals surface area (Å²) in [4.78, 5) is 44.5. The van der Waals surface area contributed by atoms with Crippen LogP contribution in [0.5, 0.6) is 0 Å². The molecule has 1 atom stereocenters. The van der Waals surface area contributed by atoms with Crippen molar-refractivity contribution in [2.75, 3.05) is 44.3 Å². The Balaban J connectivity index is 1.53. The van der Waals surface area contributed by atoms with E-state index in [0.717, 1.165) is 24.2 Å². The summed E-state index contributed by atoms with van der Waals surface area (Å²) in [7, 11) is 0. The van der Waals surface area contributed by atoms with E-state index in [2.05, 4.69) is 4.90 Å². The van der Waals surface area contributed by atoms with Crippen molar-refractivity contribution >= 4 is 23.4 Å². The molecule has 0 saturated carbocycles. The number of hydrogen-bond acceptors (Lipinski definition) is 5. The van der Waals surface area contributed by atoms with E-state index in [4.69, 9.17) is 4.74 Å². The summed E-state index contributed by atoms with van der Waals surface area (Å²) >= 11 is 0. The first-order valence-corrected chi connectivity index (χ1v) is 11.1. The average Bonchev–Trinajstić information content (AvgIpc) is 3.09. The average molecular weight is 436 g/mol. The van der Waals surface area contributed by atoms with Crippen LogP contribution in [0.3, 0.4) is 0 Å². The smallest absolute Gasteiger partial charge is 0.257 e. The van der Waals surface area contributed by atoms with Gasteiger partial charge in [0, 0.05) is 26.2 Å². The van der Waals surface area contributed by atoms with Crippen LogP contribution in [-0.2, 0) is 25.5 Å². The first-order valence-electron chi connectivity index (χ1n) is 11.1. The van der Waals surface area contributed by atoms with E-state index in [1.165, 1.54) is 4.90 Å². The summed E-state index contributed by atoms with van der Waals surface area (Å²) in [6.45, 7) is 5.93. The molecule has 2 heterocycles. The summed E-state index contributed by atoms with van der Waals surface area (Å²) in [5.74, 6) is -0.739. The van der Waals surface area contributed by atoms with Gasteiger partial charge in [0.15, 0.2) is 0 Å². The van der Waals surface area contributed by atoms with E-state index in [9.17, 15) is 14.4 Å². The van der Waals surface area contributed by atoms with Gasteiger partial charge in [-0.05, 0) is 24.6 Å². The second kappa shape index (κ2) is 10.1. The van der Waals surface area contributed by atoms with Crippen LogP contribution in [-0.4, -0.2) is 73.0 Å². The highest BCUT2D eigenvalue weighted by molar-refractivity contribution is 6.23. The lowest BCUT2D eigenvalue weighted by Gasteiger charge is -2.32. The maximum absolute atomic E-state index is 13.3. The predicted molar refractivity (Wildman–Crippen MR) is 121 cm³/mol. The minimum Gasteiger partial charge on any atom is -0.379 e. The molecule has 2 aliphatic heterocycles. The van der Waals surface area contributed by atoms with E-state index >= 15 is 0 Å². The van der Waals surface area contributed by atoms with Gasteiger partial charge in [-0.2, -0.15) is 0 Å². The highest BCUT2D eigenvalue weighted by Crippen LogP contribution is 2.26. The van der Waals surface area contributed by atoms with Crippen molar-refractivity contribution in [1.29, 1.82) is 0 Å². The van der Waals surface area contributed by atoms with Gasteiger partial charge in [0.05, 0.1) is 31.7 Å². The molecular formula is C25H29N3O4. The molecule has 1 unspecified atom stereocenters. The number of aryl methyl sites for hydroxylation is 1. The number of nitrogens with zero attached hydrogens (tertiary/aromatic N) is 3. The van der Waals surface area contributed by atoms with Crippen LogP contribution in [0.2, 0.25) is 0 Å². The zero-order valence-electron chi connectivity index (χ0n) is 18.4. The van der Waals surface area contributed by atoms with E-state index in [1.54, 1.807) is 17.0 Å². The minimum atomic E-state index is -0.777. The molecule has 0 N–H and O–H groups in total. The van der Waals surface area contributed by atoms with Crippen molar-refractivity contribution in [3.63, 3.8) is 0 Å². The van der Waals surface area contributed by atoms with Gasteiger partial charge in [-0.15, -0.1) is 0 Å². The zero-order valence-corrected chi connectivity index (χ0v) is 18.4. The zero-order chi connectivity index (χ0) is 22.5. The molecule has 168 valence electrons. The third kappa shape index (κ3) is 5.06. The van der Waals surface area contributed by atoms with E-state index in [1.807, 2.05) is 49.4 Å². The molecule has 0 radical (unpaired) electrons. The quantitative estimate of drug-likeness (QED) is 0.623. The van der Waals surface area contributed by atoms with Crippen molar-refractivity contribution in [3.05, 3.63) is 65.7 Å². The molecule has 2 aromatic carbocycles. The van der Waals surface area contributed by atoms with Gasteiger partial charge in [0.1, 0.15) is 6.04 Å². The Labute approximate surface area is 188 Å². The number of benzene rings is 2. The SMILES string of the molecule is Cc1ccc(N2C(=O)CC(N(CCN3CCOCC3)C(=O)Cc3ccccc3)C2=O)cc1. The number of hydrogen-bond donors (Lipinski definition) is 0. The summed E-state index contributed by atoms with van der Waals surface area (Å²) < 4.78 is 5.41. The van der Waals surface area contributed by atoms with Crippen molar-refractivity contribution in [3.8, 4) is 0 Å². The molecule has 0 bridgehead atoms. The van der Waals surface area contributed by atoms with Gasteiger partial charge in [-0.3, -0.25) is 19.3 Å². The Morgan fingerprint density at radius 3 is 2.41 bits per heavy atom. The van der Waals surface area contributed by atoms with Crippen LogP contribution in [0.15, 0.2) is 54.6 Å². The van der Waals surface area contributed by atoms with Crippen LogP contribution in [0.4, 0.5) is 5.69 Å². The molecule has 4 rings (SSSR count). The van der Waals surface area contributed by atoms with Crippen LogP contribution in [0.25, 0.3) is 0 Å². The summed E-state index contributed by atoms with van der Waals surface area (Å²) in [6.07, 6.45) is 0.211. The maximum Gasteiger partial charge on any atom is 0.257 e. The molecule has 0 aliphatic carbocycles. The van der Waals surface area contributed by atoms with Crippen molar-refractivity contribution in [2.45, 2.75) is 25.8 Å². The molecule has 3 amide bonds. The number of carbonyl (C=O) groups excluding carboxylic acids is 3. The summed E-state index contributed by atoms with van der Waals surface area (Å²) in [6, 6.07) is 16.0. The fraction of sp³-hybridized carbons (Fsp3) is 0.400. The second-order valence-corrected chi connectivity index (χ2v) is 8.33. The topological polar surface area (TPSA) is 70.2 Å². The Morgan fingerprint density at radius 1 is 1.03 bits per heavy atom. The number of morpholine rings is 1. The first kappa shape index (κ1) is 22.2. The number of anilines is 1. The van der Waals surface area contributed by atoms with Gasteiger partial charge in [-0.25, -0.2) is 4.90 Å². The predicted octanol–water partition coefficient (Wildman–Crippen LogP) is 2.03. The van der Waals surface area contributed by atoms with Crippen molar-refractivity contribution in [2.24, 2.45) is 0 Å². The van der Waals surface area contributed by atoms with E-state index < -0.39 is 6.04 Å². The lowest BCUT2D eigenvalue weighted by molar-refractivity contribution is -0.138. The van der Waals surface area contributed by atoms with Gasteiger partial charge >= 0.3 is 0 Å². The van der Waals surface area contributed by atoms with Gasteiger partial charge in [0.2, 0.25) is 11.8 Å². The molecule has 7 nitrogen and oxygen atoms in total. The van der Waals surface area contributed by atoms with Crippen LogP contribution in [0.1, 0.15) is 17.5 Å². The van der Waals surface area contributed by atoms with Crippen molar-refractivity contribution < 1.29 is 19.1 Å². The van der Waals surface area contributed by atoms with Gasteiger partial charge in [0.25, 0.3) is 5.91 Å². The van der Waals surface area contributed by atoms with Crippen LogP contribution < -0.4 is 4.90 Å². The Morgan fingerprint density at radius 2 is 1.72 bits per heavy atom. The fourth-order valence-corrected chi connectivity index (χ4v) is 4.22. The number of imide groups is 1. The van der Waals surface area contributed by atoms with E-state index in [0.29, 0.717) is 32.0 Å². The van der Waals surface area contributed by atoms with Gasteiger partial charge < -0.3 is 9.64 Å². The standard InChI is InChI=1S/C25H29N3O4/c1-19-7-9-21(10-8-19)28-24(30)18-22(25(28)31)27(12-11-26-13-15-32-16-14-26)23(29)17-20-5-3-2-4-6-20/h2-10,22H,11-18H2,1H3. The highest BCUT2D eigenvalue weighted by Gasteiger charge is 2.44. The monoisotopic (exact) mass is 435 g/mol. The molecule has 2 aromatic rings. The maximum atomic E-state index is 13.3. The molecule has 2 fully saturated rings. The molecule has 0 aromatic heterocycles. The fourth-order valence-electron chi connectivity index (χ4n) is 4.22. The molecular weight excluding hydrogens is 406 g/mol.